The van der Waals surface area contributed by atoms with Gasteiger partial charge < -0.3 is 14.0 Å². The van der Waals surface area contributed by atoms with Crippen LogP contribution in [-0.2, 0) is 11.2 Å². The highest BCUT2D eigenvalue weighted by Crippen LogP contribution is 2.27. The van der Waals surface area contributed by atoms with E-state index >= 15 is 0 Å². The Morgan fingerprint density at radius 3 is 3.23 bits per heavy atom. The average molecular weight is 183 g/mol. The number of hydrogen-bond donors (Lipinski definition) is 0. The van der Waals surface area contributed by atoms with Crippen molar-refractivity contribution in [3.8, 4) is 5.95 Å². The molecule has 1 aliphatic heterocycles. The summed E-state index contributed by atoms with van der Waals surface area (Å²) in [7, 11) is 1.31. The predicted molar refractivity (Wildman–Crippen MR) is 41.7 cm³/mol. The van der Waals surface area contributed by atoms with E-state index in [-0.39, 0.29) is 5.69 Å². The van der Waals surface area contributed by atoms with Crippen LogP contribution in [0.2, 0.25) is 0 Å². The zero-order valence-corrected chi connectivity index (χ0v) is 7.20. The first kappa shape index (κ1) is 8.10. The number of esters is 1. The molecular weight excluding hydrogens is 174 g/mol. The Labute approximate surface area is 74.6 Å². The lowest BCUT2D eigenvalue weighted by atomic mass is 10.1. The van der Waals surface area contributed by atoms with Gasteiger partial charge in [-0.2, -0.15) is 0 Å². The predicted octanol–water partition coefficient (Wildman–Crippen LogP) is 0.786. The highest BCUT2D eigenvalue weighted by Gasteiger charge is 2.25. The van der Waals surface area contributed by atoms with E-state index in [1.165, 1.54) is 7.11 Å². The Hall–Kier alpha value is -1.52. The molecule has 0 unspecified atom stereocenters. The number of fused-ring (bicyclic) bond motifs is 1. The number of hydrogen-bond acceptors (Lipinski definition) is 5. The minimum atomic E-state index is -0.476. The summed E-state index contributed by atoms with van der Waals surface area (Å²) >= 11 is 0. The van der Waals surface area contributed by atoms with Crippen LogP contribution >= 0.6 is 0 Å². The molecule has 0 bridgehead atoms. The average Bonchev–Trinajstić information content (AvgIpc) is 2.60. The SMILES string of the molecule is COC(=O)c1noc2c1CCCO2. The molecule has 5 heteroatoms. The molecule has 0 radical (unpaired) electrons. The van der Waals surface area contributed by atoms with E-state index in [0.29, 0.717) is 12.6 Å². The Bertz CT molecular complexity index is 331. The quantitative estimate of drug-likeness (QED) is 0.602. The van der Waals surface area contributed by atoms with Gasteiger partial charge in [0.25, 0.3) is 0 Å². The van der Waals surface area contributed by atoms with Gasteiger partial charge in [-0.25, -0.2) is 4.79 Å². The van der Waals surface area contributed by atoms with E-state index in [4.69, 9.17) is 9.26 Å². The van der Waals surface area contributed by atoms with E-state index in [2.05, 4.69) is 9.89 Å². The Balaban J connectivity index is 2.36. The van der Waals surface area contributed by atoms with Crippen molar-refractivity contribution in [1.29, 1.82) is 0 Å². The fraction of sp³-hybridized carbons (Fsp3) is 0.500. The van der Waals surface area contributed by atoms with E-state index in [0.717, 1.165) is 18.4 Å². The lowest BCUT2D eigenvalue weighted by Crippen LogP contribution is -2.11. The molecule has 0 spiro atoms. The van der Waals surface area contributed by atoms with Crippen LogP contribution in [0, 0.1) is 0 Å². The maximum atomic E-state index is 11.1. The Morgan fingerprint density at radius 2 is 2.46 bits per heavy atom. The molecule has 0 fully saturated rings. The van der Waals surface area contributed by atoms with E-state index in [9.17, 15) is 4.79 Å². The third-order valence-corrected chi connectivity index (χ3v) is 1.94. The fourth-order valence-electron chi connectivity index (χ4n) is 1.30. The molecule has 1 aliphatic rings. The van der Waals surface area contributed by atoms with Gasteiger partial charge in [0.15, 0.2) is 5.69 Å². The van der Waals surface area contributed by atoms with Crippen LogP contribution in [0.3, 0.4) is 0 Å². The van der Waals surface area contributed by atoms with Crippen molar-refractivity contribution in [3.05, 3.63) is 11.3 Å². The smallest absolute Gasteiger partial charge is 0.360 e. The van der Waals surface area contributed by atoms with Gasteiger partial charge in [0.05, 0.1) is 19.3 Å². The van der Waals surface area contributed by atoms with Gasteiger partial charge in [0, 0.05) is 0 Å². The molecule has 1 aromatic rings. The van der Waals surface area contributed by atoms with Crippen LogP contribution < -0.4 is 4.74 Å². The Morgan fingerprint density at radius 1 is 1.62 bits per heavy atom. The van der Waals surface area contributed by atoms with Crippen molar-refractivity contribution < 1.29 is 18.8 Å². The van der Waals surface area contributed by atoms with Gasteiger partial charge >= 0.3 is 11.9 Å². The van der Waals surface area contributed by atoms with Crippen LogP contribution in [0.1, 0.15) is 22.5 Å². The molecule has 0 atom stereocenters. The van der Waals surface area contributed by atoms with Gasteiger partial charge in [0.1, 0.15) is 0 Å². The summed E-state index contributed by atoms with van der Waals surface area (Å²) < 4.78 is 14.5. The van der Waals surface area contributed by atoms with Gasteiger partial charge in [-0.1, -0.05) is 5.16 Å². The molecule has 13 heavy (non-hydrogen) atoms. The first-order valence-corrected chi connectivity index (χ1v) is 4.02. The van der Waals surface area contributed by atoms with Crippen molar-refractivity contribution in [2.75, 3.05) is 13.7 Å². The minimum absolute atomic E-state index is 0.234. The van der Waals surface area contributed by atoms with E-state index in [1.807, 2.05) is 0 Å². The molecule has 1 aromatic heterocycles. The summed E-state index contributed by atoms with van der Waals surface area (Å²) in [6.07, 6.45) is 1.63. The van der Waals surface area contributed by atoms with Crippen LogP contribution in [0.15, 0.2) is 4.52 Å². The lowest BCUT2D eigenvalue weighted by Gasteiger charge is -2.09. The zero-order valence-electron chi connectivity index (χ0n) is 7.20. The summed E-state index contributed by atoms with van der Waals surface area (Å²) in [6.45, 7) is 0.614. The first-order chi connectivity index (χ1) is 6.33. The van der Waals surface area contributed by atoms with Crippen molar-refractivity contribution in [1.82, 2.24) is 5.16 Å². The number of ether oxygens (including phenoxy) is 2. The molecule has 0 saturated carbocycles. The number of nitrogens with zero attached hydrogens (tertiary/aromatic N) is 1. The fourth-order valence-corrected chi connectivity index (χ4v) is 1.30. The maximum absolute atomic E-state index is 11.1. The molecule has 2 rings (SSSR count). The second-order valence-electron chi connectivity index (χ2n) is 2.74. The van der Waals surface area contributed by atoms with Crippen LogP contribution in [0.5, 0.6) is 5.95 Å². The normalized spacial score (nSPS) is 14.5. The number of aromatic nitrogens is 1. The topological polar surface area (TPSA) is 61.6 Å². The second-order valence-corrected chi connectivity index (χ2v) is 2.74. The summed E-state index contributed by atoms with van der Waals surface area (Å²) in [5.74, 6) is -0.123. The Kier molecular flexibility index (Phi) is 1.92. The highest BCUT2D eigenvalue weighted by atomic mass is 16.6. The lowest BCUT2D eigenvalue weighted by molar-refractivity contribution is 0.0588. The monoisotopic (exact) mass is 183 g/mol. The van der Waals surface area contributed by atoms with Crippen LogP contribution in [-0.4, -0.2) is 24.8 Å². The number of carbonyl (C=O) groups is 1. The van der Waals surface area contributed by atoms with E-state index in [1.54, 1.807) is 0 Å². The molecule has 0 amide bonds. The second kappa shape index (κ2) is 3.08. The van der Waals surface area contributed by atoms with Crippen molar-refractivity contribution in [2.24, 2.45) is 0 Å². The highest BCUT2D eigenvalue weighted by molar-refractivity contribution is 5.89. The van der Waals surface area contributed by atoms with Gasteiger partial charge in [0.2, 0.25) is 0 Å². The summed E-state index contributed by atoms with van der Waals surface area (Å²) in [5, 5.41) is 3.59. The van der Waals surface area contributed by atoms with Gasteiger partial charge in [-0.05, 0) is 12.8 Å². The van der Waals surface area contributed by atoms with Crippen LogP contribution in [0.4, 0.5) is 0 Å². The van der Waals surface area contributed by atoms with Gasteiger partial charge in [-0.15, -0.1) is 0 Å². The largest absolute Gasteiger partial charge is 0.464 e. The first-order valence-electron chi connectivity index (χ1n) is 4.02. The zero-order chi connectivity index (χ0) is 9.26. The molecule has 2 heterocycles. The number of methoxy groups -OCH3 is 1. The van der Waals surface area contributed by atoms with Crippen molar-refractivity contribution in [3.63, 3.8) is 0 Å². The molecule has 70 valence electrons. The van der Waals surface area contributed by atoms with Crippen molar-refractivity contribution in [2.45, 2.75) is 12.8 Å². The summed E-state index contributed by atoms with van der Waals surface area (Å²) in [4.78, 5) is 11.1. The standard InChI is InChI=1S/C8H9NO4/c1-11-7(10)6-5-3-2-4-12-8(5)13-9-6/h2-4H2,1H3. The van der Waals surface area contributed by atoms with Crippen molar-refractivity contribution >= 4 is 5.97 Å². The minimum Gasteiger partial charge on any atom is -0.464 e. The number of carbonyl (C=O) groups excluding carboxylic acids is 1. The molecule has 0 aromatic carbocycles. The molecule has 5 nitrogen and oxygen atoms in total. The number of rotatable bonds is 1. The summed E-state index contributed by atoms with van der Waals surface area (Å²) in [6, 6.07) is 0. The maximum Gasteiger partial charge on any atom is 0.360 e. The third-order valence-electron chi connectivity index (χ3n) is 1.94. The van der Waals surface area contributed by atoms with Gasteiger partial charge in [-0.3, -0.25) is 0 Å². The van der Waals surface area contributed by atoms with E-state index < -0.39 is 5.97 Å². The third kappa shape index (κ3) is 1.26. The van der Waals surface area contributed by atoms with Crippen LogP contribution in [0.25, 0.3) is 0 Å². The molecule has 0 aliphatic carbocycles. The summed E-state index contributed by atoms with van der Waals surface area (Å²) in [5.41, 5.74) is 0.954. The molecular formula is C8H9NO4. The molecule has 0 N–H and O–H groups in total. The molecule has 0 saturated heterocycles.